The van der Waals surface area contributed by atoms with Crippen LogP contribution in [-0.4, -0.2) is 16.7 Å². The number of nitrogens with zero attached hydrogens (tertiary/aromatic N) is 1. The van der Waals surface area contributed by atoms with E-state index in [2.05, 4.69) is 4.98 Å². The normalized spacial score (nSPS) is 24.9. The summed E-state index contributed by atoms with van der Waals surface area (Å²) in [5, 5.41) is 12.1. The SMILES string of the molecule is CC(O)c1nc(C2CCCO2)cs1. The Labute approximate surface area is 81.4 Å². The highest BCUT2D eigenvalue weighted by Crippen LogP contribution is 2.30. The highest BCUT2D eigenvalue weighted by Gasteiger charge is 2.20. The first-order valence-corrected chi connectivity index (χ1v) is 5.40. The molecule has 2 heterocycles. The van der Waals surface area contributed by atoms with Crippen LogP contribution in [0.5, 0.6) is 0 Å². The fourth-order valence-electron chi connectivity index (χ4n) is 1.45. The third kappa shape index (κ3) is 1.90. The van der Waals surface area contributed by atoms with Crippen molar-refractivity contribution in [1.82, 2.24) is 4.98 Å². The average Bonchev–Trinajstić information content (AvgIpc) is 2.75. The first kappa shape index (κ1) is 9.12. The lowest BCUT2D eigenvalue weighted by Crippen LogP contribution is -1.97. The fraction of sp³-hybridized carbons (Fsp3) is 0.667. The van der Waals surface area contributed by atoms with Gasteiger partial charge in [-0.1, -0.05) is 0 Å². The van der Waals surface area contributed by atoms with Crippen molar-refractivity contribution in [3.63, 3.8) is 0 Å². The van der Waals surface area contributed by atoms with Crippen LogP contribution < -0.4 is 0 Å². The van der Waals surface area contributed by atoms with Gasteiger partial charge in [-0.3, -0.25) is 0 Å². The van der Waals surface area contributed by atoms with Gasteiger partial charge < -0.3 is 9.84 Å². The van der Waals surface area contributed by atoms with E-state index in [1.807, 2.05) is 5.38 Å². The molecule has 0 radical (unpaired) electrons. The molecular formula is C9H13NO2S. The van der Waals surface area contributed by atoms with Crippen LogP contribution in [0.4, 0.5) is 0 Å². The molecule has 2 rings (SSSR count). The summed E-state index contributed by atoms with van der Waals surface area (Å²) in [4.78, 5) is 4.34. The third-order valence-electron chi connectivity index (χ3n) is 2.16. The maximum atomic E-state index is 9.29. The lowest BCUT2D eigenvalue weighted by atomic mass is 10.2. The van der Waals surface area contributed by atoms with Gasteiger partial charge >= 0.3 is 0 Å². The number of aromatic nitrogens is 1. The zero-order valence-corrected chi connectivity index (χ0v) is 8.38. The Bertz CT molecular complexity index is 279. The molecule has 13 heavy (non-hydrogen) atoms. The zero-order valence-electron chi connectivity index (χ0n) is 7.56. The maximum Gasteiger partial charge on any atom is 0.121 e. The summed E-state index contributed by atoms with van der Waals surface area (Å²) in [7, 11) is 0. The van der Waals surface area contributed by atoms with Gasteiger partial charge in [0.2, 0.25) is 0 Å². The summed E-state index contributed by atoms with van der Waals surface area (Å²) in [6.07, 6.45) is 1.89. The van der Waals surface area contributed by atoms with E-state index in [0.717, 1.165) is 30.2 Å². The average molecular weight is 199 g/mol. The molecule has 0 amide bonds. The van der Waals surface area contributed by atoms with Gasteiger partial charge in [-0.15, -0.1) is 11.3 Å². The van der Waals surface area contributed by atoms with Crippen molar-refractivity contribution in [1.29, 1.82) is 0 Å². The van der Waals surface area contributed by atoms with Crippen LogP contribution >= 0.6 is 11.3 Å². The van der Waals surface area contributed by atoms with Crippen molar-refractivity contribution in [2.24, 2.45) is 0 Å². The van der Waals surface area contributed by atoms with Gasteiger partial charge in [-0.25, -0.2) is 4.98 Å². The minimum absolute atomic E-state index is 0.170. The van der Waals surface area contributed by atoms with Gasteiger partial charge in [-0.2, -0.15) is 0 Å². The summed E-state index contributed by atoms with van der Waals surface area (Å²) >= 11 is 1.50. The van der Waals surface area contributed by atoms with Crippen LogP contribution in [0.2, 0.25) is 0 Å². The first-order valence-electron chi connectivity index (χ1n) is 4.52. The summed E-state index contributed by atoms with van der Waals surface area (Å²) < 4.78 is 5.49. The predicted octanol–water partition coefficient (Wildman–Crippen LogP) is 2.05. The molecule has 2 atom stereocenters. The van der Waals surface area contributed by atoms with Crippen LogP contribution in [-0.2, 0) is 4.74 Å². The lowest BCUT2D eigenvalue weighted by molar-refractivity contribution is 0.108. The molecule has 0 spiro atoms. The van der Waals surface area contributed by atoms with E-state index >= 15 is 0 Å². The first-order chi connectivity index (χ1) is 6.27. The minimum Gasteiger partial charge on any atom is -0.386 e. The van der Waals surface area contributed by atoms with Gasteiger partial charge in [0.15, 0.2) is 0 Å². The van der Waals surface area contributed by atoms with Crippen molar-refractivity contribution in [2.45, 2.75) is 32.0 Å². The highest BCUT2D eigenvalue weighted by molar-refractivity contribution is 7.09. The summed E-state index contributed by atoms with van der Waals surface area (Å²) in [5.41, 5.74) is 0.985. The summed E-state index contributed by atoms with van der Waals surface area (Å²) in [6.45, 7) is 2.57. The second-order valence-electron chi connectivity index (χ2n) is 3.29. The van der Waals surface area contributed by atoms with Crippen LogP contribution in [0.3, 0.4) is 0 Å². The molecule has 2 unspecified atom stereocenters. The molecule has 0 saturated carbocycles. The van der Waals surface area contributed by atoms with E-state index < -0.39 is 6.10 Å². The number of aliphatic hydroxyl groups is 1. The monoisotopic (exact) mass is 199 g/mol. The van der Waals surface area contributed by atoms with E-state index in [9.17, 15) is 5.11 Å². The Morgan fingerprint density at radius 1 is 1.77 bits per heavy atom. The maximum absolute atomic E-state index is 9.29. The molecule has 1 N–H and O–H groups in total. The Kier molecular flexibility index (Phi) is 2.62. The largest absolute Gasteiger partial charge is 0.386 e. The number of aliphatic hydroxyl groups excluding tert-OH is 1. The van der Waals surface area contributed by atoms with Crippen molar-refractivity contribution in [2.75, 3.05) is 6.61 Å². The Balaban J connectivity index is 2.12. The Morgan fingerprint density at radius 3 is 3.15 bits per heavy atom. The minimum atomic E-state index is -0.458. The van der Waals surface area contributed by atoms with Crippen molar-refractivity contribution in [3.8, 4) is 0 Å². The molecule has 1 fully saturated rings. The molecule has 0 aliphatic carbocycles. The number of thiazole rings is 1. The highest BCUT2D eigenvalue weighted by atomic mass is 32.1. The molecule has 1 aliphatic rings. The topological polar surface area (TPSA) is 42.4 Å². The van der Waals surface area contributed by atoms with Gasteiger partial charge in [0, 0.05) is 12.0 Å². The molecule has 1 saturated heterocycles. The van der Waals surface area contributed by atoms with Gasteiger partial charge in [0.05, 0.1) is 5.69 Å². The Hall–Kier alpha value is -0.450. The number of ether oxygens (including phenoxy) is 1. The molecule has 72 valence electrons. The quantitative estimate of drug-likeness (QED) is 0.792. The van der Waals surface area contributed by atoms with E-state index in [1.54, 1.807) is 6.92 Å². The van der Waals surface area contributed by atoms with Crippen LogP contribution in [0.1, 0.15) is 42.7 Å². The second kappa shape index (κ2) is 3.74. The van der Waals surface area contributed by atoms with Gasteiger partial charge in [-0.05, 0) is 19.8 Å². The molecule has 4 heteroatoms. The predicted molar refractivity (Wildman–Crippen MR) is 50.7 cm³/mol. The van der Waals surface area contributed by atoms with E-state index in [-0.39, 0.29) is 6.10 Å². The van der Waals surface area contributed by atoms with Crippen LogP contribution in [0.15, 0.2) is 5.38 Å². The summed E-state index contributed by atoms with van der Waals surface area (Å²) in [6, 6.07) is 0. The van der Waals surface area contributed by atoms with E-state index in [4.69, 9.17) is 4.74 Å². The number of hydrogen-bond donors (Lipinski definition) is 1. The molecular weight excluding hydrogens is 186 g/mol. The third-order valence-corrected chi connectivity index (χ3v) is 3.19. The smallest absolute Gasteiger partial charge is 0.121 e. The Morgan fingerprint density at radius 2 is 2.62 bits per heavy atom. The molecule has 0 aromatic carbocycles. The zero-order chi connectivity index (χ0) is 9.26. The van der Waals surface area contributed by atoms with Crippen LogP contribution in [0, 0.1) is 0 Å². The van der Waals surface area contributed by atoms with E-state index in [0.29, 0.717) is 0 Å². The molecule has 0 bridgehead atoms. The second-order valence-corrected chi connectivity index (χ2v) is 4.18. The number of hydrogen-bond acceptors (Lipinski definition) is 4. The molecule has 1 aliphatic heterocycles. The molecule has 1 aromatic heterocycles. The number of rotatable bonds is 2. The van der Waals surface area contributed by atoms with E-state index in [1.165, 1.54) is 11.3 Å². The fourth-order valence-corrected chi connectivity index (χ4v) is 2.25. The van der Waals surface area contributed by atoms with Gasteiger partial charge in [0.1, 0.15) is 17.2 Å². The standard InChI is InChI=1S/C9H13NO2S/c1-6(11)9-10-7(5-13-9)8-3-2-4-12-8/h5-6,8,11H,2-4H2,1H3. The molecule has 1 aromatic rings. The van der Waals surface area contributed by atoms with Crippen molar-refractivity contribution >= 4 is 11.3 Å². The summed E-state index contributed by atoms with van der Waals surface area (Å²) in [5.74, 6) is 0. The molecule has 3 nitrogen and oxygen atoms in total. The van der Waals surface area contributed by atoms with Crippen LogP contribution in [0.25, 0.3) is 0 Å². The lowest BCUT2D eigenvalue weighted by Gasteiger charge is -2.04. The van der Waals surface area contributed by atoms with Crippen molar-refractivity contribution in [3.05, 3.63) is 16.1 Å². The van der Waals surface area contributed by atoms with Gasteiger partial charge in [0.25, 0.3) is 0 Å². The van der Waals surface area contributed by atoms with Crippen molar-refractivity contribution < 1.29 is 9.84 Å².